The van der Waals surface area contributed by atoms with Crippen LogP contribution in [0.25, 0.3) is 11.0 Å². The van der Waals surface area contributed by atoms with E-state index in [1.807, 2.05) is 18.2 Å². The van der Waals surface area contributed by atoms with E-state index < -0.39 is 0 Å². The summed E-state index contributed by atoms with van der Waals surface area (Å²) in [6.07, 6.45) is 0.852. The van der Waals surface area contributed by atoms with E-state index in [1.165, 1.54) is 5.56 Å². The second-order valence-corrected chi connectivity index (χ2v) is 5.11. The number of aromatic nitrogens is 2. The summed E-state index contributed by atoms with van der Waals surface area (Å²) in [6.45, 7) is 2.94. The Bertz CT molecular complexity index is 731. The zero-order valence-corrected chi connectivity index (χ0v) is 12.3. The molecule has 3 rings (SSSR count). The number of rotatable bonds is 5. The fourth-order valence-corrected chi connectivity index (χ4v) is 2.28. The van der Waals surface area contributed by atoms with Gasteiger partial charge in [0.05, 0.1) is 18.1 Å². The molecule has 0 saturated heterocycles. The molecule has 0 spiro atoms. The first-order valence-corrected chi connectivity index (χ1v) is 7.08. The molecule has 21 heavy (non-hydrogen) atoms. The number of hydrogen-bond donors (Lipinski definition) is 2. The van der Waals surface area contributed by atoms with Gasteiger partial charge in [0.2, 0.25) is 0 Å². The zero-order chi connectivity index (χ0) is 14.7. The van der Waals surface area contributed by atoms with Crippen LogP contribution in [-0.2, 0) is 6.42 Å². The Labute approximate surface area is 124 Å². The predicted molar refractivity (Wildman–Crippen MR) is 86.0 cm³/mol. The molecule has 0 atom stereocenters. The van der Waals surface area contributed by atoms with Gasteiger partial charge in [-0.25, -0.2) is 4.98 Å². The molecule has 0 amide bonds. The maximum absolute atomic E-state index is 5.22. The number of imidazole rings is 1. The van der Waals surface area contributed by atoms with Crippen LogP contribution >= 0.6 is 0 Å². The van der Waals surface area contributed by atoms with Gasteiger partial charge in [0.15, 0.2) is 0 Å². The highest BCUT2D eigenvalue weighted by atomic mass is 16.5. The van der Waals surface area contributed by atoms with Crippen molar-refractivity contribution < 1.29 is 4.74 Å². The van der Waals surface area contributed by atoms with E-state index >= 15 is 0 Å². The summed E-state index contributed by atoms with van der Waals surface area (Å²) >= 11 is 0. The summed E-state index contributed by atoms with van der Waals surface area (Å²) in [5.74, 6) is 1.83. The van der Waals surface area contributed by atoms with Gasteiger partial charge in [-0.2, -0.15) is 0 Å². The average molecular weight is 281 g/mol. The normalized spacial score (nSPS) is 10.8. The van der Waals surface area contributed by atoms with Crippen molar-refractivity contribution in [2.45, 2.75) is 13.3 Å². The van der Waals surface area contributed by atoms with E-state index in [1.54, 1.807) is 7.11 Å². The third-order valence-electron chi connectivity index (χ3n) is 3.48. The number of nitrogens with one attached hydrogen (secondary N) is 2. The standard InChI is InChI=1S/C17H19N3O/c1-12-3-5-13(6-4-12)18-10-9-17-19-15-8-7-14(21-2)11-16(15)20-17/h3-8,11,18H,9-10H2,1-2H3,(H,19,20). The number of aryl methyl sites for hydroxylation is 1. The molecule has 0 fully saturated rings. The highest BCUT2D eigenvalue weighted by Crippen LogP contribution is 2.18. The number of ether oxygens (including phenoxy) is 1. The fourth-order valence-electron chi connectivity index (χ4n) is 2.28. The maximum Gasteiger partial charge on any atom is 0.121 e. The highest BCUT2D eigenvalue weighted by molar-refractivity contribution is 5.76. The third kappa shape index (κ3) is 3.16. The number of aromatic amines is 1. The van der Waals surface area contributed by atoms with Crippen molar-refractivity contribution >= 4 is 16.7 Å². The van der Waals surface area contributed by atoms with E-state index in [0.29, 0.717) is 0 Å². The van der Waals surface area contributed by atoms with Crippen molar-refractivity contribution in [2.24, 2.45) is 0 Å². The average Bonchev–Trinajstić information content (AvgIpc) is 2.91. The van der Waals surface area contributed by atoms with Crippen LogP contribution in [0, 0.1) is 6.92 Å². The number of anilines is 1. The first-order valence-electron chi connectivity index (χ1n) is 7.08. The van der Waals surface area contributed by atoms with Crippen LogP contribution in [-0.4, -0.2) is 23.6 Å². The lowest BCUT2D eigenvalue weighted by atomic mass is 10.2. The molecule has 0 aliphatic rings. The van der Waals surface area contributed by atoms with Crippen LogP contribution in [0.1, 0.15) is 11.4 Å². The highest BCUT2D eigenvalue weighted by Gasteiger charge is 2.04. The predicted octanol–water partition coefficient (Wildman–Crippen LogP) is 3.53. The number of benzene rings is 2. The molecule has 3 aromatic rings. The van der Waals surface area contributed by atoms with Gasteiger partial charge in [-0.1, -0.05) is 17.7 Å². The molecule has 2 N–H and O–H groups in total. The minimum atomic E-state index is 0.843. The molecule has 1 heterocycles. The van der Waals surface area contributed by atoms with Crippen LogP contribution in [0.15, 0.2) is 42.5 Å². The monoisotopic (exact) mass is 281 g/mol. The number of H-pyrrole nitrogens is 1. The lowest BCUT2D eigenvalue weighted by Crippen LogP contribution is -2.05. The van der Waals surface area contributed by atoms with Gasteiger partial charge in [-0.05, 0) is 31.2 Å². The molecule has 0 bridgehead atoms. The minimum Gasteiger partial charge on any atom is -0.497 e. The first-order chi connectivity index (χ1) is 10.2. The second-order valence-electron chi connectivity index (χ2n) is 5.11. The molecule has 0 saturated carbocycles. The third-order valence-corrected chi connectivity index (χ3v) is 3.48. The quantitative estimate of drug-likeness (QED) is 0.752. The zero-order valence-electron chi connectivity index (χ0n) is 12.3. The van der Waals surface area contributed by atoms with E-state index in [9.17, 15) is 0 Å². The molecule has 0 aliphatic carbocycles. The molecule has 0 aliphatic heterocycles. The van der Waals surface area contributed by atoms with Gasteiger partial charge in [0, 0.05) is 24.7 Å². The Kier molecular flexibility index (Phi) is 3.77. The molecule has 4 nitrogen and oxygen atoms in total. The largest absolute Gasteiger partial charge is 0.497 e. The second kappa shape index (κ2) is 5.87. The lowest BCUT2D eigenvalue weighted by molar-refractivity contribution is 0.415. The number of methoxy groups -OCH3 is 1. The molecule has 2 aromatic carbocycles. The van der Waals surface area contributed by atoms with Crippen LogP contribution < -0.4 is 10.1 Å². The van der Waals surface area contributed by atoms with Crippen molar-refractivity contribution in [1.82, 2.24) is 9.97 Å². The van der Waals surface area contributed by atoms with Crippen molar-refractivity contribution in [2.75, 3.05) is 19.0 Å². The number of hydrogen-bond acceptors (Lipinski definition) is 3. The summed E-state index contributed by atoms with van der Waals surface area (Å²) < 4.78 is 5.22. The SMILES string of the molecule is COc1ccc2nc(CCNc3ccc(C)cc3)[nH]c2c1. The van der Waals surface area contributed by atoms with Crippen molar-refractivity contribution in [1.29, 1.82) is 0 Å². The molecule has 4 heteroatoms. The first kappa shape index (κ1) is 13.5. The topological polar surface area (TPSA) is 49.9 Å². The molecule has 108 valence electrons. The number of fused-ring (bicyclic) bond motifs is 1. The minimum absolute atomic E-state index is 0.843. The van der Waals surface area contributed by atoms with Crippen LogP contribution in [0.3, 0.4) is 0 Å². The Morgan fingerprint density at radius 1 is 1.14 bits per heavy atom. The summed E-state index contributed by atoms with van der Waals surface area (Å²) in [5.41, 5.74) is 4.39. The van der Waals surface area contributed by atoms with Gasteiger partial charge >= 0.3 is 0 Å². The fraction of sp³-hybridized carbons (Fsp3) is 0.235. The van der Waals surface area contributed by atoms with Crippen molar-refractivity contribution in [3.8, 4) is 5.75 Å². The van der Waals surface area contributed by atoms with Gasteiger partial charge < -0.3 is 15.0 Å². The summed E-state index contributed by atoms with van der Waals surface area (Å²) in [5, 5.41) is 3.40. The Morgan fingerprint density at radius 2 is 1.95 bits per heavy atom. The maximum atomic E-state index is 5.22. The smallest absolute Gasteiger partial charge is 0.121 e. The Hall–Kier alpha value is -2.49. The van der Waals surface area contributed by atoms with E-state index in [0.717, 1.165) is 41.3 Å². The van der Waals surface area contributed by atoms with E-state index in [-0.39, 0.29) is 0 Å². The number of nitrogens with zero attached hydrogens (tertiary/aromatic N) is 1. The molecular weight excluding hydrogens is 262 g/mol. The Morgan fingerprint density at radius 3 is 2.71 bits per heavy atom. The van der Waals surface area contributed by atoms with Gasteiger partial charge in [-0.3, -0.25) is 0 Å². The van der Waals surface area contributed by atoms with Crippen LogP contribution in [0.4, 0.5) is 5.69 Å². The van der Waals surface area contributed by atoms with Crippen LogP contribution in [0.5, 0.6) is 5.75 Å². The van der Waals surface area contributed by atoms with Crippen molar-refractivity contribution in [3.05, 3.63) is 53.9 Å². The van der Waals surface area contributed by atoms with Crippen molar-refractivity contribution in [3.63, 3.8) is 0 Å². The molecular formula is C17H19N3O. The van der Waals surface area contributed by atoms with Gasteiger partial charge in [0.25, 0.3) is 0 Å². The molecule has 0 radical (unpaired) electrons. The molecule has 0 unspecified atom stereocenters. The van der Waals surface area contributed by atoms with E-state index in [4.69, 9.17) is 4.74 Å². The summed E-state index contributed by atoms with van der Waals surface area (Å²) in [6, 6.07) is 14.3. The lowest BCUT2D eigenvalue weighted by Gasteiger charge is -2.05. The Balaban J connectivity index is 1.63. The summed E-state index contributed by atoms with van der Waals surface area (Å²) in [7, 11) is 1.67. The molecule has 1 aromatic heterocycles. The van der Waals surface area contributed by atoms with E-state index in [2.05, 4.69) is 46.5 Å². The van der Waals surface area contributed by atoms with Crippen LogP contribution in [0.2, 0.25) is 0 Å². The van der Waals surface area contributed by atoms with Gasteiger partial charge in [-0.15, -0.1) is 0 Å². The van der Waals surface area contributed by atoms with Gasteiger partial charge in [0.1, 0.15) is 11.6 Å². The summed E-state index contributed by atoms with van der Waals surface area (Å²) in [4.78, 5) is 7.92.